The van der Waals surface area contributed by atoms with Crippen LogP contribution >= 0.6 is 0 Å². The quantitative estimate of drug-likeness (QED) is 0.343. The van der Waals surface area contributed by atoms with Crippen LogP contribution < -0.4 is 0 Å². The molecule has 4 aliphatic rings. The number of hydrogen-bond acceptors (Lipinski definition) is 9. The lowest BCUT2D eigenvalue weighted by molar-refractivity contribution is -0.370. The average molecular weight is 537 g/mol. The Hall–Kier alpha value is -1.36. The molecular weight excluding hydrogens is 488 g/mol. The van der Waals surface area contributed by atoms with Crippen molar-refractivity contribution < 1.29 is 34.4 Å². The summed E-state index contributed by atoms with van der Waals surface area (Å²) in [7, 11) is 2.10. The van der Waals surface area contributed by atoms with Crippen LogP contribution in [0.15, 0.2) is 12.7 Å². The van der Waals surface area contributed by atoms with Crippen molar-refractivity contribution in [2.45, 2.75) is 102 Å². The van der Waals surface area contributed by atoms with Gasteiger partial charge in [-0.2, -0.15) is 0 Å². The molecule has 2 saturated heterocycles. The zero-order valence-corrected chi connectivity index (χ0v) is 24.0. The zero-order valence-electron chi connectivity index (χ0n) is 24.0. The summed E-state index contributed by atoms with van der Waals surface area (Å²) in [5.41, 5.74) is -7.11. The van der Waals surface area contributed by atoms with Crippen LogP contribution in [0.25, 0.3) is 0 Å². The molecule has 0 aromatic rings. The van der Waals surface area contributed by atoms with E-state index in [1.165, 1.54) is 13.0 Å². The van der Waals surface area contributed by atoms with Gasteiger partial charge in [0.1, 0.15) is 5.60 Å². The van der Waals surface area contributed by atoms with Crippen LogP contribution in [0.5, 0.6) is 0 Å². The van der Waals surface area contributed by atoms with E-state index >= 15 is 0 Å². The van der Waals surface area contributed by atoms with Gasteiger partial charge in [0.05, 0.1) is 17.8 Å². The third-order valence-corrected chi connectivity index (χ3v) is 10.4. The van der Waals surface area contributed by atoms with Gasteiger partial charge in [0.25, 0.3) is 0 Å². The summed E-state index contributed by atoms with van der Waals surface area (Å²) in [6, 6.07) is 0. The minimum Gasteiger partial charge on any atom is -0.456 e. The molecule has 4 fully saturated rings. The molecule has 0 aromatic carbocycles. The van der Waals surface area contributed by atoms with E-state index in [0.717, 1.165) is 32.7 Å². The number of piperazine rings is 1. The minimum absolute atomic E-state index is 0.139. The topological polar surface area (TPSA) is 120 Å². The lowest BCUT2D eigenvalue weighted by Gasteiger charge is -2.71. The number of aliphatic hydroxyl groups excluding tert-OH is 2. The predicted molar refractivity (Wildman–Crippen MR) is 142 cm³/mol. The Morgan fingerprint density at radius 3 is 2.39 bits per heavy atom. The highest BCUT2D eigenvalue weighted by molar-refractivity contribution is 5.92. The van der Waals surface area contributed by atoms with Crippen molar-refractivity contribution in [2.24, 2.45) is 16.7 Å². The van der Waals surface area contributed by atoms with Gasteiger partial charge in [-0.05, 0) is 52.1 Å². The van der Waals surface area contributed by atoms with E-state index in [-0.39, 0.29) is 12.8 Å². The highest BCUT2D eigenvalue weighted by atomic mass is 16.6. The molecule has 2 aliphatic heterocycles. The first-order chi connectivity index (χ1) is 17.6. The molecule has 2 aliphatic carbocycles. The maximum atomic E-state index is 13.9. The molecule has 38 heavy (non-hydrogen) atoms. The van der Waals surface area contributed by atoms with Gasteiger partial charge in [-0.1, -0.05) is 26.8 Å². The maximum Gasteiger partial charge on any atom is 0.306 e. The second-order valence-corrected chi connectivity index (χ2v) is 13.5. The van der Waals surface area contributed by atoms with Crippen LogP contribution in [0, 0.1) is 16.7 Å². The molecular formula is C29H48N2O7. The van der Waals surface area contributed by atoms with Gasteiger partial charge in [-0.25, -0.2) is 0 Å². The first-order valence-electron chi connectivity index (χ1n) is 14.1. The second kappa shape index (κ2) is 9.93. The largest absolute Gasteiger partial charge is 0.456 e. The van der Waals surface area contributed by atoms with Gasteiger partial charge >= 0.3 is 5.97 Å². The van der Waals surface area contributed by atoms with Gasteiger partial charge in [0, 0.05) is 50.4 Å². The van der Waals surface area contributed by atoms with Crippen molar-refractivity contribution in [1.82, 2.24) is 9.80 Å². The summed E-state index contributed by atoms with van der Waals surface area (Å²) in [5.74, 6) is -1.73. The number of fused-ring (bicyclic) bond motifs is 3. The molecule has 9 heteroatoms. The number of hydrogen-bond donors (Lipinski definition) is 3. The fraction of sp³-hybridized carbons (Fsp3) is 0.862. The Labute approximate surface area is 227 Å². The number of Topliss-reactive ketones (excluding diaryl/α,β-unsaturated/α-hetero) is 1. The standard InChI is InChI=1S/C29H48N2O7/c1-8-26(4)18-20(33)29(36)27(5)19(32)11-12-25(2,3)23(27)22(35)24(28(29,6)38-26)37-21(34)10-9-13-31-16-14-30(7)15-17-31/h8,19,22-24,32,35-36H,1,9-18H2,2-7H3/t19-,22?,23?,24?,26-,27?,28+,29-/m0/s1. The molecule has 4 unspecified atom stereocenters. The fourth-order valence-corrected chi connectivity index (χ4v) is 8.20. The van der Waals surface area contributed by atoms with Crippen molar-refractivity contribution in [3.05, 3.63) is 12.7 Å². The molecule has 0 spiro atoms. The summed E-state index contributed by atoms with van der Waals surface area (Å²) in [6.07, 6.45) is -0.567. The monoisotopic (exact) mass is 536 g/mol. The number of carbonyl (C=O) groups is 2. The molecule has 4 rings (SSSR count). The number of aliphatic hydroxyl groups is 3. The smallest absolute Gasteiger partial charge is 0.306 e. The van der Waals surface area contributed by atoms with Gasteiger partial charge in [-0.15, -0.1) is 6.58 Å². The van der Waals surface area contributed by atoms with E-state index in [0.29, 0.717) is 19.3 Å². The summed E-state index contributed by atoms with van der Waals surface area (Å²) in [5, 5.41) is 35.7. The number of ketones is 1. The van der Waals surface area contributed by atoms with Crippen LogP contribution in [0.3, 0.4) is 0 Å². The van der Waals surface area contributed by atoms with E-state index < -0.39 is 63.6 Å². The van der Waals surface area contributed by atoms with Crippen LogP contribution in [-0.2, 0) is 19.1 Å². The Morgan fingerprint density at radius 2 is 1.79 bits per heavy atom. The van der Waals surface area contributed by atoms with Crippen LogP contribution in [0.1, 0.15) is 66.7 Å². The van der Waals surface area contributed by atoms with Gasteiger partial charge in [-0.3, -0.25) is 9.59 Å². The van der Waals surface area contributed by atoms with Crippen molar-refractivity contribution in [3.63, 3.8) is 0 Å². The molecule has 0 radical (unpaired) electrons. The molecule has 0 aromatic heterocycles. The normalized spacial score (nSPS) is 45.7. The van der Waals surface area contributed by atoms with E-state index in [9.17, 15) is 24.9 Å². The zero-order chi connectivity index (χ0) is 28.3. The number of carbonyl (C=O) groups excluding carboxylic acids is 2. The van der Waals surface area contributed by atoms with Gasteiger partial charge < -0.3 is 34.6 Å². The van der Waals surface area contributed by atoms with E-state index in [1.807, 2.05) is 13.8 Å². The molecule has 9 nitrogen and oxygen atoms in total. The van der Waals surface area contributed by atoms with Crippen LogP contribution in [-0.4, -0.2) is 112 Å². The Balaban J connectivity index is 1.65. The number of ether oxygens (including phenoxy) is 2. The van der Waals surface area contributed by atoms with Gasteiger partial charge in [0.15, 0.2) is 17.5 Å². The minimum atomic E-state index is -2.20. The highest BCUT2D eigenvalue weighted by Gasteiger charge is 2.81. The first-order valence-corrected chi connectivity index (χ1v) is 14.1. The first kappa shape index (κ1) is 29.6. The molecule has 2 saturated carbocycles. The predicted octanol–water partition coefficient (Wildman–Crippen LogP) is 1.53. The van der Waals surface area contributed by atoms with Crippen molar-refractivity contribution in [3.8, 4) is 0 Å². The van der Waals surface area contributed by atoms with Crippen molar-refractivity contribution in [1.29, 1.82) is 0 Å². The number of nitrogens with zero attached hydrogens (tertiary/aromatic N) is 2. The fourth-order valence-electron chi connectivity index (χ4n) is 8.20. The van der Waals surface area contributed by atoms with Crippen LogP contribution in [0.4, 0.5) is 0 Å². The lowest BCUT2D eigenvalue weighted by atomic mass is 9.40. The SMILES string of the molecule is C=C[C@@]1(C)CC(=O)[C@]2(O)C3(C)C(C(O)C(OC(=O)CCCN4CCN(C)CC4)[C@@]2(C)O1)C(C)(C)CC[C@@H]3O. The Morgan fingerprint density at radius 1 is 1.16 bits per heavy atom. The number of esters is 1. The van der Waals surface area contributed by atoms with E-state index in [1.54, 1.807) is 13.8 Å². The number of likely N-dealkylation sites (N-methyl/N-ethyl adjacent to an activating group) is 1. The van der Waals surface area contributed by atoms with Crippen LogP contribution in [0.2, 0.25) is 0 Å². The summed E-state index contributed by atoms with van der Waals surface area (Å²) < 4.78 is 12.4. The highest BCUT2D eigenvalue weighted by Crippen LogP contribution is 2.67. The summed E-state index contributed by atoms with van der Waals surface area (Å²) >= 11 is 0. The maximum absolute atomic E-state index is 13.9. The molecule has 2 heterocycles. The van der Waals surface area contributed by atoms with E-state index in [2.05, 4.69) is 23.4 Å². The Bertz CT molecular complexity index is 949. The van der Waals surface area contributed by atoms with Gasteiger partial charge in [0.2, 0.25) is 0 Å². The van der Waals surface area contributed by atoms with Crippen molar-refractivity contribution >= 4 is 11.8 Å². The molecule has 8 atom stereocenters. The average Bonchev–Trinajstić information content (AvgIpc) is 2.83. The molecule has 3 N–H and O–H groups in total. The Kier molecular flexibility index (Phi) is 7.74. The third-order valence-electron chi connectivity index (χ3n) is 10.4. The molecule has 216 valence electrons. The molecule has 0 amide bonds. The lowest BCUT2D eigenvalue weighted by Crippen LogP contribution is -2.86. The summed E-state index contributed by atoms with van der Waals surface area (Å²) in [6.45, 7) is 17.3. The number of rotatable bonds is 6. The van der Waals surface area contributed by atoms with Crippen molar-refractivity contribution in [2.75, 3.05) is 39.8 Å². The third kappa shape index (κ3) is 4.38. The summed E-state index contributed by atoms with van der Waals surface area (Å²) in [4.78, 5) is 31.7. The second-order valence-electron chi connectivity index (χ2n) is 13.5. The van der Waals surface area contributed by atoms with E-state index in [4.69, 9.17) is 9.47 Å². The molecule has 0 bridgehead atoms.